The number of carbonyl (C=O) groups excluding carboxylic acids is 1. The van der Waals surface area contributed by atoms with Gasteiger partial charge in [0.15, 0.2) is 0 Å². The van der Waals surface area contributed by atoms with Gasteiger partial charge in [0.25, 0.3) is 0 Å². The minimum atomic E-state index is -0.579. The second kappa shape index (κ2) is 9.00. The molecule has 1 saturated heterocycles. The lowest BCUT2D eigenvalue weighted by Crippen LogP contribution is -2.42. The zero-order valence-electron chi connectivity index (χ0n) is 17.5. The molecule has 4 atom stereocenters. The normalized spacial score (nSPS) is 25.6. The summed E-state index contributed by atoms with van der Waals surface area (Å²) in [6.45, 7) is 3.84. The van der Waals surface area contributed by atoms with Crippen LogP contribution in [0.25, 0.3) is 0 Å². The third-order valence-corrected chi connectivity index (χ3v) is 6.17. The standard InChI is InChI=1S/C23H29N3O4/c1-3-6-15-11-24-23(25-12-15)26-13-16-9-19(27)21(10-17(16)14-26)30-20-8-5-4-7-18(20)22(28)29-2/h4-5,7-8,11-12,16-17,19,21,27H,3,6,9-10,13-14H2,1-2H3/t16-,17+,19+,21+/m0/s1. The quantitative estimate of drug-likeness (QED) is 0.732. The molecule has 1 aliphatic carbocycles. The van der Waals surface area contributed by atoms with Crippen LogP contribution in [-0.2, 0) is 11.2 Å². The van der Waals surface area contributed by atoms with Crippen LogP contribution in [0.2, 0.25) is 0 Å². The number of carbonyl (C=O) groups is 1. The first-order chi connectivity index (χ1) is 14.6. The number of anilines is 1. The Morgan fingerprint density at radius 3 is 2.57 bits per heavy atom. The number of aryl methyl sites for hydroxylation is 1. The van der Waals surface area contributed by atoms with Gasteiger partial charge >= 0.3 is 5.97 Å². The van der Waals surface area contributed by atoms with Crippen molar-refractivity contribution in [3.8, 4) is 5.75 Å². The van der Waals surface area contributed by atoms with E-state index in [1.54, 1.807) is 18.2 Å². The maximum Gasteiger partial charge on any atom is 0.341 e. The fourth-order valence-corrected chi connectivity index (χ4v) is 4.62. The molecule has 0 radical (unpaired) electrons. The minimum Gasteiger partial charge on any atom is -0.487 e. The smallest absolute Gasteiger partial charge is 0.341 e. The van der Waals surface area contributed by atoms with E-state index in [1.165, 1.54) is 7.11 Å². The van der Waals surface area contributed by atoms with E-state index in [9.17, 15) is 9.90 Å². The predicted octanol–water partition coefficient (Wildman–Crippen LogP) is 2.87. The number of aliphatic hydroxyl groups excluding tert-OH is 1. The summed E-state index contributed by atoms with van der Waals surface area (Å²) < 4.78 is 11.0. The van der Waals surface area contributed by atoms with Crippen LogP contribution < -0.4 is 9.64 Å². The van der Waals surface area contributed by atoms with Crippen molar-refractivity contribution in [1.82, 2.24) is 9.97 Å². The van der Waals surface area contributed by atoms with E-state index in [2.05, 4.69) is 21.8 Å². The molecule has 0 amide bonds. The van der Waals surface area contributed by atoms with Gasteiger partial charge < -0.3 is 19.5 Å². The molecule has 1 N–H and O–H groups in total. The van der Waals surface area contributed by atoms with Gasteiger partial charge in [0.2, 0.25) is 5.95 Å². The molecule has 1 aromatic carbocycles. The van der Waals surface area contributed by atoms with Gasteiger partial charge in [-0.1, -0.05) is 25.5 Å². The molecule has 0 unspecified atom stereocenters. The van der Waals surface area contributed by atoms with Crippen LogP contribution in [0.1, 0.15) is 42.1 Å². The van der Waals surface area contributed by atoms with Gasteiger partial charge in [0.05, 0.1) is 13.2 Å². The number of para-hydroxylation sites is 1. The number of aromatic nitrogens is 2. The molecule has 1 aromatic heterocycles. The number of methoxy groups -OCH3 is 1. The lowest BCUT2D eigenvalue weighted by molar-refractivity contribution is -0.0237. The topological polar surface area (TPSA) is 84.8 Å². The summed E-state index contributed by atoms with van der Waals surface area (Å²) in [5.41, 5.74) is 1.54. The van der Waals surface area contributed by atoms with Crippen molar-refractivity contribution in [2.45, 2.75) is 44.8 Å². The summed E-state index contributed by atoms with van der Waals surface area (Å²) in [4.78, 5) is 23.3. The number of ether oxygens (including phenoxy) is 2. The average molecular weight is 412 g/mol. The number of rotatable bonds is 6. The van der Waals surface area contributed by atoms with Crippen LogP contribution in [0.3, 0.4) is 0 Å². The zero-order valence-corrected chi connectivity index (χ0v) is 17.5. The molecule has 2 aliphatic rings. The highest BCUT2D eigenvalue weighted by Crippen LogP contribution is 2.39. The van der Waals surface area contributed by atoms with Crippen LogP contribution in [0.4, 0.5) is 5.95 Å². The number of aliphatic hydroxyl groups is 1. The van der Waals surface area contributed by atoms with Crippen molar-refractivity contribution >= 4 is 11.9 Å². The molecule has 1 aliphatic heterocycles. The lowest BCUT2D eigenvalue weighted by Gasteiger charge is -2.35. The number of benzene rings is 1. The summed E-state index contributed by atoms with van der Waals surface area (Å²) in [7, 11) is 1.35. The van der Waals surface area contributed by atoms with Crippen LogP contribution in [0.5, 0.6) is 5.75 Å². The molecular formula is C23H29N3O4. The highest BCUT2D eigenvalue weighted by Gasteiger charge is 2.43. The molecule has 7 nitrogen and oxygen atoms in total. The summed E-state index contributed by atoms with van der Waals surface area (Å²) in [6, 6.07) is 7.01. The second-order valence-corrected chi connectivity index (χ2v) is 8.25. The monoisotopic (exact) mass is 411 g/mol. The first kappa shape index (κ1) is 20.6. The highest BCUT2D eigenvalue weighted by molar-refractivity contribution is 5.92. The minimum absolute atomic E-state index is 0.357. The van der Waals surface area contributed by atoms with Gasteiger partial charge in [-0.25, -0.2) is 14.8 Å². The Labute approximate surface area is 177 Å². The van der Waals surface area contributed by atoms with Crippen LogP contribution in [0, 0.1) is 11.8 Å². The second-order valence-electron chi connectivity index (χ2n) is 8.25. The molecule has 1 saturated carbocycles. The number of fused-ring (bicyclic) bond motifs is 1. The average Bonchev–Trinajstić information content (AvgIpc) is 3.17. The van der Waals surface area contributed by atoms with Gasteiger partial charge in [0, 0.05) is 25.5 Å². The van der Waals surface area contributed by atoms with Crippen molar-refractivity contribution in [2.75, 3.05) is 25.1 Å². The van der Waals surface area contributed by atoms with E-state index in [-0.39, 0.29) is 6.10 Å². The fraction of sp³-hybridized carbons (Fsp3) is 0.522. The summed E-state index contributed by atoms with van der Waals surface area (Å²) in [6.07, 6.45) is 6.36. The molecule has 2 aromatic rings. The maximum absolute atomic E-state index is 12.0. The predicted molar refractivity (Wildman–Crippen MR) is 113 cm³/mol. The van der Waals surface area contributed by atoms with E-state index in [0.717, 1.165) is 43.9 Å². The molecule has 160 valence electrons. The summed E-state index contributed by atoms with van der Waals surface area (Å²) in [5.74, 6) is 1.55. The van der Waals surface area contributed by atoms with Gasteiger partial charge in [-0.2, -0.15) is 0 Å². The first-order valence-electron chi connectivity index (χ1n) is 10.7. The highest BCUT2D eigenvalue weighted by atomic mass is 16.5. The van der Waals surface area contributed by atoms with Crippen LogP contribution in [-0.4, -0.2) is 53.5 Å². The third-order valence-electron chi connectivity index (χ3n) is 6.17. The van der Waals surface area contributed by atoms with E-state index in [0.29, 0.717) is 29.6 Å². The van der Waals surface area contributed by atoms with Gasteiger partial charge in [-0.15, -0.1) is 0 Å². The number of esters is 1. The molecular weight excluding hydrogens is 382 g/mol. The summed E-state index contributed by atoms with van der Waals surface area (Å²) in [5, 5.41) is 10.7. The molecule has 30 heavy (non-hydrogen) atoms. The van der Waals surface area contributed by atoms with Crippen molar-refractivity contribution in [1.29, 1.82) is 0 Å². The Morgan fingerprint density at radius 1 is 1.17 bits per heavy atom. The van der Waals surface area contributed by atoms with E-state index in [1.807, 2.05) is 18.5 Å². The SMILES string of the molecule is CCCc1cnc(N2C[C@H]3C[C@@H](Oc4ccccc4C(=O)OC)[C@H](O)C[C@H]3C2)nc1. The van der Waals surface area contributed by atoms with Crippen molar-refractivity contribution in [2.24, 2.45) is 11.8 Å². The number of hydrogen-bond donors (Lipinski definition) is 1. The van der Waals surface area contributed by atoms with E-state index < -0.39 is 12.1 Å². The third kappa shape index (κ3) is 4.26. The largest absolute Gasteiger partial charge is 0.487 e. The molecule has 2 fully saturated rings. The fourth-order valence-electron chi connectivity index (χ4n) is 4.62. The van der Waals surface area contributed by atoms with E-state index in [4.69, 9.17) is 9.47 Å². The van der Waals surface area contributed by atoms with Crippen molar-refractivity contribution in [3.63, 3.8) is 0 Å². The maximum atomic E-state index is 12.0. The summed E-state index contributed by atoms with van der Waals surface area (Å²) >= 11 is 0. The van der Waals surface area contributed by atoms with Crippen molar-refractivity contribution in [3.05, 3.63) is 47.8 Å². The Kier molecular flexibility index (Phi) is 6.18. The Balaban J connectivity index is 1.43. The molecule has 4 rings (SSSR count). The van der Waals surface area contributed by atoms with Gasteiger partial charge in [-0.05, 0) is 48.8 Å². The van der Waals surface area contributed by atoms with Crippen molar-refractivity contribution < 1.29 is 19.4 Å². The van der Waals surface area contributed by atoms with Gasteiger partial charge in [-0.3, -0.25) is 0 Å². The Hall–Kier alpha value is -2.67. The molecule has 0 spiro atoms. The van der Waals surface area contributed by atoms with E-state index >= 15 is 0 Å². The number of hydrogen-bond acceptors (Lipinski definition) is 7. The van der Waals surface area contributed by atoms with Crippen LogP contribution >= 0.6 is 0 Å². The Bertz CT molecular complexity index is 873. The molecule has 2 heterocycles. The Morgan fingerprint density at radius 2 is 1.87 bits per heavy atom. The molecule has 7 heteroatoms. The lowest BCUT2D eigenvalue weighted by atomic mass is 9.78. The van der Waals surface area contributed by atoms with Gasteiger partial charge in [0.1, 0.15) is 17.4 Å². The first-order valence-corrected chi connectivity index (χ1v) is 10.7. The number of nitrogens with zero attached hydrogens (tertiary/aromatic N) is 3. The zero-order chi connectivity index (χ0) is 21.1. The molecule has 0 bridgehead atoms. The van der Waals surface area contributed by atoms with Crippen LogP contribution in [0.15, 0.2) is 36.7 Å².